The van der Waals surface area contributed by atoms with E-state index >= 15 is 0 Å². The summed E-state index contributed by atoms with van der Waals surface area (Å²) in [7, 11) is 0. The molecule has 2 aromatic carbocycles. The predicted octanol–water partition coefficient (Wildman–Crippen LogP) is 4.77. The molecular weight excluding hydrogens is 346 g/mol. The topological polar surface area (TPSA) is 55.4 Å². The highest BCUT2D eigenvalue weighted by Gasteiger charge is 2.03. The Bertz CT molecular complexity index is 727. The van der Waals surface area contributed by atoms with Gasteiger partial charge in [0.25, 0.3) is 0 Å². The number of nitrogens with one attached hydrogen (secondary N) is 1. The van der Waals surface area contributed by atoms with Crippen LogP contribution >= 0.6 is 11.8 Å². The highest BCUT2D eigenvalue weighted by Crippen LogP contribution is 2.18. The van der Waals surface area contributed by atoms with Crippen LogP contribution in [0.4, 0.5) is 5.69 Å². The largest absolute Gasteiger partial charge is 0.463 e. The first kappa shape index (κ1) is 19.8. The number of ether oxygens (including phenoxy) is 1. The Morgan fingerprint density at radius 2 is 1.81 bits per heavy atom. The highest BCUT2D eigenvalue weighted by molar-refractivity contribution is 7.99. The van der Waals surface area contributed by atoms with Crippen LogP contribution < -0.4 is 5.32 Å². The third-order valence-corrected chi connectivity index (χ3v) is 4.55. The molecule has 0 aliphatic carbocycles. The maximum absolute atomic E-state index is 12.0. The summed E-state index contributed by atoms with van der Waals surface area (Å²) in [5, 5.41) is 2.89. The van der Waals surface area contributed by atoms with Crippen LogP contribution in [0.2, 0.25) is 0 Å². The number of carbonyl (C=O) groups excluding carboxylic acids is 2. The van der Waals surface area contributed by atoms with Crippen LogP contribution in [0.15, 0.2) is 65.6 Å². The second-order valence-corrected chi connectivity index (χ2v) is 6.69. The summed E-state index contributed by atoms with van der Waals surface area (Å²) in [6.45, 7) is 2.13. The number of amides is 1. The number of hydrogen-bond donors (Lipinski definition) is 1. The molecule has 0 saturated carbocycles. The Balaban J connectivity index is 1.70. The van der Waals surface area contributed by atoms with Gasteiger partial charge in [0.2, 0.25) is 5.91 Å². The molecular formula is C21H23NO3S. The van der Waals surface area contributed by atoms with Crippen LogP contribution in [0.25, 0.3) is 6.08 Å². The van der Waals surface area contributed by atoms with Crippen LogP contribution in [0.5, 0.6) is 0 Å². The molecule has 0 aliphatic heterocycles. The Kier molecular flexibility index (Phi) is 8.49. The van der Waals surface area contributed by atoms with E-state index in [1.807, 2.05) is 42.5 Å². The summed E-state index contributed by atoms with van der Waals surface area (Å²) in [4.78, 5) is 24.5. The van der Waals surface area contributed by atoms with Crippen molar-refractivity contribution in [2.45, 2.75) is 24.7 Å². The quantitative estimate of drug-likeness (QED) is 0.299. The van der Waals surface area contributed by atoms with E-state index in [4.69, 9.17) is 4.74 Å². The van der Waals surface area contributed by atoms with Gasteiger partial charge in [0.05, 0.1) is 6.61 Å². The minimum Gasteiger partial charge on any atom is -0.463 e. The van der Waals surface area contributed by atoms with Crippen molar-refractivity contribution in [2.75, 3.05) is 17.7 Å². The molecule has 1 amide bonds. The third-order valence-electron chi connectivity index (χ3n) is 3.45. The van der Waals surface area contributed by atoms with Crippen molar-refractivity contribution in [1.29, 1.82) is 0 Å². The second-order valence-electron chi connectivity index (χ2n) is 5.52. The standard InChI is InChI=1S/C21H23NO3S/c1-2-25-21(24)15-12-17-10-13-18(14-11-17)22-20(23)9-6-16-26-19-7-4-3-5-8-19/h3-5,7-8,10-15H,2,6,9,16H2,1H3,(H,22,23)/b15-12+. The molecule has 0 unspecified atom stereocenters. The lowest BCUT2D eigenvalue weighted by atomic mass is 10.2. The van der Waals surface area contributed by atoms with Crippen molar-refractivity contribution < 1.29 is 14.3 Å². The first-order valence-electron chi connectivity index (χ1n) is 8.60. The van der Waals surface area contributed by atoms with Gasteiger partial charge in [0.15, 0.2) is 0 Å². The molecule has 5 heteroatoms. The third kappa shape index (κ3) is 7.57. The van der Waals surface area contributed by atoms with Crippen LogP contribution in [0.1, 0.15) is 25.3 Å². The molecule has 0 saturated heterocycles. The number of thioether (sulfide) groups is 1. The Morgan fingerprint density at radius 1 is 1.08 bits per heavy atom. The molecule has 0 fully saturated rings. The minimum atomic E-state index is -0.363. The summed E-state index contributed by atoms with van der Waals surface area (Å²) >= 11 is 1.76. The molecule has 0 spiro atoms. The lowest BCUT2D eigenvalue weighted by molar-refractivity contribution is -0.137. The van der Waals surface area contributed by atoms with Gasteiger partial charge in [-0.1, -0.05) is 30.3 Å². The average Bonchev–Trinajstić information content (AvgIpc) is 2.66. The van der Waals surface area contributed by atoms with Gasteiger partial charge in [-0.3, -0.25) is 4.79 Å². The zero-order chi connectivity index (χ0) is 18.6. The maximum Gasteiger partial charge on any atom is 0.330 e. The van der Waals surface area contributed by atoms with Crippen molar-refractivity contribution in [3.63, 3.8) is 0 Å². The Labute approximate surface area is 158 Å². The van der Waals surface area contributed by atoms with E-state index in [0.29, 0.717) is 13.0 Å². The van der Waals surface area contributed by atoms with Crippen LogP contribution in [-0.4, -0.2) is 24.2 Å². The van der Waals surface area contributed by atoms with Crippen LogP contribution in [0, 0.1) is 0 Å². The number of esters is 1. The highest BCUT2D eigenvalue weighted by atomic mass is 32.2. The summed E-state index contributed by atoms with van der Waals surface area (Å²) in [6.07, 6.45) is 4.39. The van der Waals surface area contributed by atoms with Crippen LogP contribution in [0.3, 0.4) is 0 Å². The Morgan fingerprint density at radius 3 is 2.50 bits per heavy atom. The van der Waals surface area contributed by atoms with Crippen molar-refractivity contribution in [2.24, 2.45) is 0 Å². The first-order chi connectivity index (χ1) is 12.7. The fourth-order valence-corrected chi connectivity index (χ4v) is 3.07. The van der Waals surface area contributed by atoms with Crippen LogP contribution in [-0.2, 0) is 14.3 Å². The number of rotatable bonds is 9. The molecule has 0 aliphatic rings. The number of hydrogen-bond acceptors (Lipinski definition) is 4. The summed E-state index contributed by atoms with van der Waals surface area (Å²) < 4.78 is 4.83. The fourth-order valence-electron chi connectivity index (χ4n) is 2.20. The molecule has 136 valence electrons. The van der Waals surface area contributed by atoms with E-state index in [1.54, 1.807) is 24.8 Å². The molecule has 1 N–H and O–H groups in total. The van der Waals surface area contributed by atoms with E-state index < -0.39 is 0 Å². The van der Waals surface area contributed by atoms with Gasteiger partial charge in [-0.15, -0.1) is 11.8 Å². The number of anilines is 1. The lowest BCUT2D eigenvalue weighted by Crippen LogP contribution is -2.11. The van der Waals surface area contributed by atoms with Gasteiger partial charge in [0.1, 0.15) is 0 Å². The molecule has 0 aromatic heterocycles. The predicted molar refractivity (Wildman–Crippen MR) is 107 cm³/mol. The Hall–Kier alpha value is -2.53. The molecule has 0 bridgehead atoms. The van der Waals surface area contributed by atoms with E-state index in [2.05, 4.69) is 17.4 Å². The van der Waals surface area contributed by atoms with Gasteiger partial charge in [-0.05, 0) is 55.0 Å². The SMILES string of the molecule is CCOC(=O)/C=C/c1ccc(NC(=O)CCCSc2ccccc2)cc1. The van der Waals surface area contributed by atoms with E-state index in [1.165, 1.54) is 11.0 Å². The maximum atomic E-state index is 12.0. The smallest absolute Gasteiger partial charge is 0.330 e. The van der Waals surface area contributed by atoms with Crippen molar-refractivity contribution in [1.82, 2.24) is 0 Å². The minimum absolute atomic E-state index is 0.00785. The van der Waals surface area contributed by atoms with Crippen molar-refractivity contribution >= 4 is 35.4 Å². The first-order valence-corrected chi connectivity index (χ1v) is 9.58. The van der Waals surface area contributed by atoms with Gasteiger partial charge in [-0.25, -0.2) is 4.79 Å². The van der Waals surface area contributed by atoms with E-state index in [9.17, 15) is 9.59 Å². The molecule has 0 radical (unpaired) electrons. The van der Waals surface area contributed by atoms with E-state index in [0.717, 1.165) is 23.4 Å². The lowest BCUT2D eigenvalue weighted by Gasteiger charge is -2.06. The monoisotopic (exact) mass is 369 g/mol. The van der Waals surface area contributed by atoms with Gasteiger partial charge in [-0.2, -0.15) is 0 Å². The normalized spacial score (nSPS) is 10.7. The average molecular weight is 369 g/mol. The fraction of sp³-hybridized carbons (Fsp3) is 0.238. The molecule has 2 rings (SSSR count). The van der Waals surface area contributed by atoms with Crippen molar-refractivity contribution in [3.8, 4) is 0 Å². The van der Waals surface area contributed by atoms with Crippen molar-refractivity contribution in [3.05, 3.63) is 66.2 Å². The number of benzene rings is 2. The molecule has 0 atom stereocenters. The number of carbonyl (C=O) groups is 2. The summed E-state index contributed by atoms with van der Waals surface area (Å²) in [5.74, 6) is 0.557. The summed E-state index contributed by atoms with van der Waals surface area (Å²) in [5.41, 5.74) is 1.62. The van der Waals surface area contributed by atoms with Gasteiger partial charge in [0, 0.05) is 23.1 Å². The van der Waals surface area contributed by atoms with Gasteiger partial charge >= 0.3 is 5.97 Å². The zero-order valence-electron chi connectivity index (χ0n) is 14.8. The molecule has 2 aromatic rings. The zero-order valence-corrected chi connectivity index (χ0v) is 15.6. The van der Waals surface area contributed by atoms with E-state index in [-0.39, 0.29) is 11.9 Å². The second kappa shape index (κ2) is 11.2. The molecule has 26 heavy (non-hydrogen) atoms. The summed E-state index contributed by atoms with van der Waals surface area (Å²) in [6, 6.07) is 17.5. The molecule has 4 nitrogen and oxygen atoms in total. The van der Waals surface area contributed by atoms with Gasteiger partial charge < -0.3 is 10.1 Å². The molecule has 0 heterocycles.